The number of esters is 1. The Kier molecular flexibility index (Phi) is 6.61. The standard InChI is InChI=1S/C20H21N3O5S/c1-3-28-20(26)16-13-8-6-10-15(13)29-19(16)22-17(24)18(25)23-21-11-12-7-4-5-9-14(12)27-2/h4-5,7,9,11H,3,6,8,10H2,1-2H3,(H,22,24)(H,23,25)/b21-11+. The third-order valence-corrected chi connectivity index (χ3v) is 5.55. The minimum Gasteiger partial charge on any atom is -0.496 e. The van der Waals surface area contributed by atoms with E-state index in [2.05, 4.69) is 15.8 Å². The number of amides is 2. The van der Waals surface area contributed by atoms with Gasteiger partial charge in [-0.1, -0.05) is 12.1 Å². The Morgan fingerprint density at radius 3 is 2.76 bits per heavy atom. The summed E-state index contributed by atoms with van der Waals surface area (Å²) in [5.74, 6) is -1.76. The number of hydrogen-bond acceptors (Lipinski definition) is 7. The molecule has 9 heteroatoms. The normalized spacial score (nSPS) is 12.5. The van der Waals surface area contributed by atoms with Crippen LogP contribution in [0.25, 0.3) is 0 Å². The smallest absolute Gasteiger partial charge is 0.341 e. The molecule has 1 heterocycles. The van der Waals surface area contributed by atoms with Crippen LogP contribution in [0.5, 0.6) is 5.75 Å². The maximum absolute atomic E-state index is 12.3. The zero-order chi connectivity index (χ0) is 20.8. The summed E-state index contributed by atoms with van der Waals surface area (Å²) in [4.78, 5) is 37.7. The lowest BCUT2D eigenvalue weighted by Crippen LogP contribution is -2.32. The van der Waals surface area contributed by atoms with Crippen LogP contribution >= 0.6 is 11.3 Å². The number of para-hydroxylation sites is 1. The van der Waals surface area contributed by atoms with Gasteiger partial charge in [-0.2, -0.15) is 5.10 Å². The maximum Gasteiger partial charge on any atom is 0.341 e. The highest BCUT2D eigenvalue weighted by Gasteiger charge is 2.29. The molecule has 0 saturated carbocycles. The molecule has 2 amide bonds. The van der Waals surface area contributed by atoms with Gasteiger partial charge in [0.2, 0.25) is 0 Å². The quantitative estimate of drug-likeness (QED) is 0.326. The molecular formula is C20H21N3O5S. The molecule has 8 nitrogen and oxygen atoms in total. The van der Waals surface area contributed by atoms with E-state index < -0.39 is 17.8 Å². The van der Waals surface area contributed by atoms with E-state index >= 15 is 0 Å². The number of hydrazone groups is 1. The molecule has 2 N–H and O–H groups in total. The van der Waals surface area contributed by atoms with Crippen molar-refractivity contribution in [3.8, 4) is 5.75 Å². The number of anilines is 1. The molecule has 0 radical (unpaired) electrons. The minimum absolute atomic E-state index is 0.231. The average Bonchev–Trinajstić information content (AvgIpc) is 3.29. The summed E-state index contributed by atoms with van der Waals surface area (Å²) in [6.45, 7) is 1.95. The minimum atomic E-state index is -0.945. The van der Waals surface area contributed by atoms with Crippen LogP contribution in [0, 0.1) is 0 Å². The summed E-state index contributed by atoms with van der Waals surface area (Å²) in [5, 5.41) is 6.65. The molecule has 1 aliphatic carbocycles. The highest BCUT2D eigenvalue weighted by Crippen LogP contribution is 2.39. The highest BCUT2D eigenvalue weighted by molar-refractivity contribution is 7.17. The topological polar surface area (TPSA) is 106 Å². The van der Waals surface area contributed by atoms with Crippen LogP contribution in [0.2, 0.25) is 0 Å². The number of rotatable bonds is 6. The molecule has 0 bridgehead atoms. The number of carbonyl (C=O) groups is 3. The van der Waals surface area contributed by atoms with Gasteiger partial charge in [0.05, 0.1) is 25.5 Å². The summed E-state index contributed by atoms with van der Waals surface area (Å²) in [6.07, 6.45) is 3.94. The highest BCUT2D eigenvalue weighted by atomic mass is 32.1. The van der Waals surface area contributed by atoms with Crippen molar-refractivity contribution in [2.45, 2.75) is 26.2 Å². The number of nitrogens with zero attached hydrogens (tertiary/aromatic N) is 1. The zero-order valence-corrected chi connectivity index (χ0v) is 16.9. The van der Waals surface area contributed by atoms with Crippen molar-refractivity contribution in [3.63, 3.8) is 0 Å². The zero-order valence-electron chi connectivity index (χ0n) is 16.1. The van der Waals surface area contributed by atoms with Crippen LogP contribution in [0.3, 0.4) is 0 Å². The Morgan fingerprint density at radius 1 is 1.21 bits per heavy atom. The predicted octanol–water partition coefficient (Wildman–Crippen LogP) is 2.51. The number of benzene rings is 1. The first-order valence-electron chi connectivity index (χ1n) is 9.14. The number of aryl methyl sites for hydroxylation is 1. The Balaban J connectivity index is 1.68. The average molecular weight is 415 g/mol. The molecule has 152 valence electrons. The van der Waals surface area contributed by atoms with Crippen molar-refractivity contribution in [1.29, 1.82) is 0 Å². The van der Waals surface area contributed by atoms with Crippen molar-refractivity contribution in [2.75, 3.05) is 19.0 Å². The van der Waals surface area contributed by atoms with Crippen LogP contribution in [0.4, 0.5) is 5.00 Å². The first kappa shape index (κ1) is 20.5. The fourth-order valence-electron chi connectivity index (χ4n) is 3.06. The lowest BCUT2D eigenvalue weighted by Gasteiger charge is -2.07. The Morgan fingerprint density at radius 2 is 2.00 bits per heavy atom. The fourth-order valence-corrected chi connectivity index (χ4v) is 4.33. The van der Waals surface area contributed by atoms with Gasteiger partial charge in [-0.15, -0.1) is 11.3 Å². The van der Waals surface area contributed by atoms with Crippen LogP contribution in [-0.4, -0.2) is 37.7 Å². The molecule has 0 spiro atoms. The molecule has 0 aliphatic heterocycles. The molecule has 0 atom stereocenters. The molecule has 0 fully saturated rings. The molecule has 0 saturated heterocycles. The molecule has 2 aromatic rings. The van der Waals surface area contributed by atoms with Gasteiger partial charge in [-0.3, -0.25) is 9.59 Å². The summed E-state index contributed by atoms with van der Waals surface area (Å²) in [7, 11) is 1.53. The van der Waals surface area contributed by atoms with E-state index in [1.54, 1.807) is 25.1 Å². The molecule has 1 aliphatic rings. The molecule has 1 aromatic heterocycles. The fraction of sp³-hybridized carbons (Fsp3) is 0.300. The number of carbonyl (C=O) groups excluding carboxylic acids is 3. The molecule has 1 aromatic carbocycles. The molecule has 3 rings (SSSR count). The van der Waals surface area contributed by atoms with Gasteiger partial charge >= 0.3 is 17.8 Å². The number of fused-ring (bicyclic) bond motifs is 1. The van der Waals surface area contributed by atoms with Gasteiger partial charge < -0.3 is 14.8 Å². The van der Waals surface area contributed by atoms with Gasteiger partial charge in [0.15, 0.2) is 0 Å². The predicted molar refractivity (Wildman–Crippen MR) is 110 cm³/mol. The Labute approximate surface area is 171 Å². The van der Waals surface area contributed by atoms with E-state index in [0.29, 0.717) is 21.9 Å². The van der Waals surface area contributed by atoms with Gasteiger partial charge in [0, 0.05) is 10.4 Å². The van der Waals surface area contributed by atoms with E-state index in [1.807, 2.05) is 6.07 Å². The van der Waals surface area contributed by atoms with Crippen molar-refractivity contribution in [2.24, 2.45) is 5.10 Å². The monoisotopic (exact) mass is 415 g/mol. The molecule has 29 heavy (non-hydrogen) atoms. The lowest BCUT2D eigenvalue weighted by atomic mass is 10.1. The second-order valence-electron chi connectivity index (χ2n) is 6.18. The van der Waals surface area contributed by atoms with Crippen molar-refractivity contribution in [1.82, 2.24) is 5.43 Å². The number of methoxy groups -OCH3 is 1. The molecule has 0 unspecified atom stereocenters. The molecular weight excluding hydrogens is 394 g/mol. The maximum atomic E-state index is 12.3. The van der Waals surface area contributed by atoms with Crippen molar-refractivity contribution in [3.05, 3.63) is 45.8 Å². The number of thiophene rings is 1. The SMILES string of the molecule is CCOC(=O)c1c(NC(=O)C(=O)N/N=C/c2ccccc2OC)sc2c1CCC2. The second kappa shape index (κ2) is 9.33. The van der Waals surface area contributed by atoms with Crippen LogP contribution in [-0.2, 0) is 27.2 Å². The van der Waals surface area contributed by atoms with E-state index in [9.17, 15) is 14.4 Å². The number of hydrogen-bond donors (Lipinski definition) is 2. The summed E-state index contributed by atoms with van der Waals surface area (Å²) >= 11 is 1.31. The van der Waals surface area contributed by atoms with Gasteiger partial charge in [0.1, 0.15) is 10.8 Å². The van der Waals surface area contributed by atoms with Crippen LogP contribution in [0.15, 0.2) is 29.4 Å². The second-order valence-corrected chi connectivity index (χ2v) is 7.28. The number of nitrogens with one attached hydrogen (secondary N) is 2. The largest absolute Gasteiger partial charge is 0.496 e. The lowest BCUT2D eigenvalue weighted by molar-refractivity contribution is -0.136. The van der Waals surface area contributed by atoms with Gasteiger partial charge in [0.25, 0.3) is 0 Å². The number of ether oxygens (including phenoxy) is 2. The van der Waals surface area contributed by atoms with E-state index in [4.69, 9.17) is 9.47 Å². The van der Waals surface area contributed by atoms with Gasteiger partial charge in [-0.25, -0.2) is 10.2 Å². The third kappa shape index (κ3) is 4.62. The van der Waals surface area contributed by atoms with Crippen molar-refractivity contribution >= 4 is 40.3 Å². The van der Waals surface area contributed by atoms with Gasteiger partial charge in [-0.05, 0) is 43.9 Å². The summed E-state index contributed by atoms with van der Waals surface area (Å²) in [6, 6.07) is 7.11. The summed E-state index contributed by atoms with van der Waals surface area (Å²) < 4.78 is 10.3. The van der Waals surface area contributed by atoms with E-state index in [0.717, 1.165) is 29.7 Å². The van der Waals surface area contributed by atoms with Crippen LogP contribution < -0.4 is 15.5 Å². The third-order valence-electron chi connectivity index (χ3n) is 4.34. The Bertz CT molecular complexity index is 967. The van der Waals surface area contributed by atoms with Crippen molar-refractivity contribution < 1.29 is 23.9 Å². The van der Waals surface area contributed by atoms with E-state index in [1.165, 1.54) is 24.7 Å². The van der Waals surface area contributed by atoms with Crippen LogP contribution in [0.1, 0.15) is 39.7 Å². The Hall–Kier alpha value is -3.20. The summed E-state index contributed by atoms with van der Waals surface area (Å²) in [5.41, 5.74) is 4.08. The van der Waals surface area contributed by atoms with E-state index in [-0.39, 0.29) is 6.61 Å². The first-order valence-corrected chi connectivity index (χ1v) is 9.95. The first-order chi connectivity index (χ1) is 14.0.